The molecule has 0 spiro atoms. The minimum atomic E-state index is 0.120. The fraction of sp³-hybridized carbons (Fsp3) is 0.400. The highest BCUT2D eigenvalue weighted by molar-refractivity contribution is 5.98. The van der Waals surface area contributed by atoms with Crippen molar-refractivity contribution in [2.24, 2.45) is 5.92 Å². The average molecular weight is 241 g/mol. The van der Waals surface area contributed by atoms with E-state index in [0.29, 0.717) is 0 Å². The Morgan fingerprint density at radius 2 is 2.06 bits per heavy atom. The Kier molecular flexibility index (Phi) is 2.44. The summed E-state index contributed by atoms with van der Waals surface area (Å²) in [5, 5.41) is 5.75. The minimum Gasteiger partial charge on any atom is -0.397 e. The molecule has 18 heavy (non-hydrogen) atoms. The first-order valence-corrected chi connectivity index (χ1v) is 6.48. The number of benzene rings is 1. The summed E-state index contributed by atoms with van der Waals surface area (Å²) in [6.45, 7) is 4.50. The Hall–Kier alpha value is -1.77. The third kappa shape index (κ3) is 1.90. The van der Waals surface area contributed by atoms with Crippen LogP contribution >= 0.6 is 0 Å². The van der Waals surface area contributed by atoms with Gasteiger partial charge in [0.05, 0.1) is 11.4 Å². The van der Waals surface area contributed by atoms with Crippen LogP contribution in [0.3, 0.4) is 0 Å². The molecule has 0 aliphatic heterocycles. The molecule has 1 saturated carbocycles. The highest BCUT2D eigenvalue weighted by Crippen LogP contribution is 2.42. The molecule has 3 rings (SSSR count). The molecule has 1 aromatic carbocycles. The number of nitrogen functional groups attached to an aromatic ring is 1. The Morgan fingerprint density at radius 1 is 1.28 bits per heavy atom. The summed E-state index contributed by atoms with van der Waals surface area (Å²) >= 11 is 0. The van der Waals surface area contributed by atoms with Crippen LogP contribution in [-0.4, -0.2) is 10.5 Å². The SMILES string of the molecule is CC(C)(Nc1ccc2cnccc2c1N)C1CC1. The van der Waals surface area contributed by atoms with Gasteiger partial charge in [-0.1, -0.05) is 6.07 Å². The first kappa shape index (κ1) is 11.3. The molecule has 0 bridgehead atoms. The van der Waals surface area contributed by atoms with Crippen molar-refractivity contribution in [2.75, 3.05) is 11.1 Å². The highest BCUT2D eigenvalue weighted by atomic mass is 15.0. The van der Waals surface area contributed by atoms with Gasteiger partial charge in [-0.3, -0.25) is 4.98 Å². The molecule has 3 N–H and O–H groups in total. The smallest absolute Gasteiger partial charge is 0.0630 e. The van der Waals surface area contributed by atoms with Gasteiger partial charge in [-0.2, -0.15) is 0 Å². The standard InChI is InChI=1S/C15H19N3/c1-15(2,11-4-5-11)18-13-6-3-10-9-17-8-7-12(10)14(13)16/h3,6-9,11,18H,4-5,16H2,1-2H3. The van der Waals surface area contributed by atoms with Gasteiger partial charge >= 0.3 is 0 Å². The molecule has 0 radical (unpaired) electrons. The van der Waals surface area contributed by atoms with Crippen molar-refractivity contribution in [1.29, 1.82) is 0 Å². The number of nitrogens with zero attached hydrogens (tertiary/aromatic N) is 1. The van der Waals surface area contributed by atoms with E-state index in [1.807, 2.05) is 12.3 Å². The van der Waals surface area contributed by atoms with Gasteiger partial charge < -0.3 is 11.1 Å². The summed E-state index contributed by atoms with van der Waals surface area (Å²) in [6.07, 6.45) is 6.27. The maximum atomic E-state index is 6.26. The number of nitrogens with two attached hydrogens (primary N) is 1. The van der Waals surface area contributed by atoms with Crippen molar-refractivity contribution in [3.8, 4) is 0 Å². The first-order chi connectivity index (χ1) is 8.58. The molecule has 1 heterocycles. The second-order valence-corrected chi connectivity index (χ2v) is 5.74. The molecule has 3 heteroatoms. The highest BCUT2D eigenvalue weighted by Gasteiger charge is 2.37. The van der Waals surface area contributed by atoms with Gasteiger partial charge in [-0.05, 0) is 44.7 Å². The van der Waals surface area contributed by atoms with E-state index in [2.05, 4.69) is 36.3 Å². The van der Waals surface area contributed by atoms with Crippen molar-refractivity contribution in [3.63, 3.8) is 0 Å². The molecule has 3 nitrogen and oxygen atoms in total. The molecule has 0 atom stereocenters. The minimum absolute atomic E-state index is 0.120. The van der Waals surface area contributed by atoms with Crippen LogP contribution in [0, 0.1) is 5.92 Å². The Morgan fingerprint density at radius 3 is 2.78 bits per heavy atom. The number of hydrogen-bond acceptors (Lipinski definition) is 3. The molecule has 1 fully saturated rings. The Labute approximate surface area is 107 Å². The normalized spacial score (nSPS) is 15.9. The van der Waals surface area contributed by atoms with E-state index in [-0.39, 0.29) is 5.54 Å². The largest absolute Gasteiger partial charge is 0.397 e. The van der Waals surface area contributed by atoms with E-state index < -0.39 is 0 Å². The van der Waals surface area contributed by atoms with Crippen molar-refractivity contribution in [1.82, 2.24) is 4.98 Å². The van der Waals surface area contributed by atoms with Gasteiger partial charge in [0.1, 0.15) is 0 Å². The third-order valence-corrected chi connectivity index (χ3v) is 3.92. The second-order valence-electron chi connectivity index (χ2n) is 5.74. The number of anilines is 2. The van der Waals surface area contributed by atoms with Gasteiger partial charge in [0.15, 0.2) is 0 Å². The van der Waals surface area contributed by atoms with Crippen LogP contribution < -0.4 is 11.1 Å². The van der Waals surface area contributed by atoms with Gasteiger partial charge in [0.2, 0.25) is 0 Å². The number of pyridine rings is 1. The average Bonchev–Trinajstić information content (AvgIpc) is 3.17. The predicted octanol–water partition coefficient (Wildman–Crippen LogP) is 3.42. The lowest BCUT2D eigenvalue weighted by molar-refractivity contribution is 0.495. The van der Waals surface area contributed by atoms with E-state index in [1.165, 1.54) is 12.8 Å². The lowest BCUT2D eigenvalue weighted by atomic mass is 9.97. The van der Waals surface area contributed by atoms with Crippen molar-refractivity contribution in [2.45, 2.75) is 32.2 Å². The number of aromatic nitrogens is 1. The molecule has 2 aromatic rings. The number of fused-ring (bicyclic) bond motifs is 1. The van der Waals surface area contributed by atoms with E-state index in [1.54, 1.807) is 6.20 Å². The molecule has 1 aliphatic rings. The molecular formula is C15H19N3. The van der Waals surface area contributed by atoms with Gasteiger partial charge in [-0.25, -0.2) is 0 Å². The fourth-order valence-corrected chi connectivity index (χ4v) is 2.56. The van der Waals surface area contributed by atoms with Gasteiger partial charge in [0, 0.05) is 28.7 Å². The van der Waals surface area contributed by atoms with E-state index >= 15 is 0 Å². The van der Waals surface area contributed by atoms with Crippen LogP contribution in [0.4, 0.5) is 11.4 Å². The second kappa shape index (κ2) is 3.87. The monoisotopic (exact) mass is 241 g/mol. The number of hydrogen-bond donors (Lipinski definition) is 2. The Balaban J connectivity index is 1.99. The predicted molar refractivity (Wildman–Crippen MR) is 76.6 cm³/mol. The summed E-state index contributed by atoms with van der Waals surface area (Å²) in [5.74, 6) is 0.769. The third-order valence-electron chi connectivity index (χ3n) is 3.92. The molecule has 1 aromatic heterocycles. The summed E-state index contributed by atoms with van der Waals surface area (Å²) in [7, 11) is 0. The lowest BCUT2D eigenvalue weighted by Crippen LogP contribution is -2.33. The van der Waals surface area contributed by atoms with Crippen molar-refractivity contribution >= 4 is 22.1 Å². The first-order valence-electron chi connectivity index (χ1n) is 6.48. The zero-order valence-corrected chi connectivity index (χ0v) is 10.9. The van der Waals surface area contributed by atoms with E-state index in [9.17, 15) is 0 Å². The molecule has 1 aliphatic carbocycles. The van der Waals surface area contributed by atoms with E-state index in [4.69, 9.17) is 5.73 Å². The quantitative estimate of drug-likeness (QED) is 0.809. The lowest BCUT2D eigenvalue weighted by Gasteiger charge is -2.28. The van der Waals surface area contributed by atoms with Crippen LogP contribution in [0.25, 0.3) is 10.8 Å². The van der Waals surface area contributed by atoms with Gasteiger partial charge in [-0.15, -0.1) is 0 Å². The Bertz CT molecular complexity index is 585. The van der Waals surface area contributed by atoms with Crippen LogP contribution in [0.2, 0.25) is 0 Å². The van der Waals surface area contributed by atoms with Gasteiger partial charge in [0.25, 0.3) is 0 Å². The summed E-state index contributed by atoms with van der Waals surface area (Å²) in [6, 6.07) is 6.10. The zero-order chi connectivity index (χ0) is 12.8. The molecular weight excluding hydrogens is 222 g/mol. The zero-order valence-electron chi connectivity index (χ0n) is 10.9. The summed E-state index contributed by atoms with van der Waals surface area (Å²) < 4.78 is 0. The van der Waals surface area contributed by atoms with Crippen LogP contribution in [0.1, 0.15) is 26.7 Å². The fourth-order valence-electron chi connectivity index (χ4n) is 2.56. The van der Waals surface area contributed by atoms with Crippen molar-refractivity contribution in [3.05, 3.63) is 30.6 Å². The van der Waals surface area contributed by atoms with E-state index in [0.717, 1.165) is 28.1 Å². The summed E-state index contributed by atoms with van der Waals surface area (Å²) in [5.41, 5.74) is 8.23. The molecule has 0 saturated heterocycles. The van der Waals surface area contributed by atoms with Crippen LogP contribution in [0.5, 0.6) is 0 Å². The van der Waals surface area contributed by atoms with Crippen molar-refractivity contribution < 1.29 is 0 Å². The number of rotatable bonds is 3. The molecule has 0 unspecified atom stereocenters. The topological polar surface area (TPSA) is 50.9 Å². The number of nitrogens with one attached hydrogen (secondary N) is 1. The van der Waals surface area contributed by atoms with Crippen LogP contribution in [-0.2, 0) is 0 Å². The molecule has 0 amide bonds. The molecule has 94 valence electrons. The maximum Gasteiger partial charge on any atom is 0.0630 e. The summed E-state index contributed by atoms with van der Waals surface area (Å²) in [4.78, 5) is 4.12. The maximum absolute atomic E-state index is 6.26. The van der Waals surface area contributed by atoms with Crippen LogP contribution in [0.15, 0.2) is 30.6 Å².